The van der Waals surface area contributed by atoms with Gasteiger partial charge in [-0.2, -0.15) is 0 Å². The number of hydrogen-bond donors (Lipinski definition) is 1. The van der Waals surface area contributed by atoms with Crippen LogP contribution in [0.25, 0.3) is 0 Å². The third kappa shape index (κ3) is 2.90. The molecule has 0 bridgehead atoms. The lowest BCUT2D eigenvalue weighted by atomic mass is 9.93. The summed E-state index contributed by atoms with van der Waals surface area (Å²) in [5.74, 6) is -0.294. The van der Waals surface area contributed by atoms with Crippen LogP contribution >= 0.6 is 0 Å². The fourth-order valence-electron chi connectivity index (χ4n) is 2.27. The summed E-state index contributed by atoms with van der Waals surface area (Å²) in [6, 6.07) is 9.73. The van der Waals surface area contributed by atoms with Crippen LogP contribution in [0, 0.1) is 5.92 Å². The van der Waals surface area contributed by atoms with E-state index in [0.29, 0.717) is 23.8 Å². The maximum absolute atomic E-state index is 11.5. The zero-order valence-electron chi connectivity index (χ0n) is 12.0. The molecule has 1 heterocycles. The lowest BCUT2D eigenvalue weighted by Gasteiger charge is -2.09. The molecule has 20 heavy (non-hydrogen) atoms. The van der Waals surface area contributed by atoms with Gasteiger partial charge in [-0.05, 0) is 11.5 Å². The van der Waals surface area contributed by atoms with Crippen molar-refractivity contribution in [2.75, 3.05) is 0 Å². The average molecular weight is 273 g/mol. The van der Waals surface area contributed by atoms with Gasteiger partial charge in [0.25, 0.3) is 0 Å². The predicted octanol–water partition coefficient (Wildman–Crippen LogP) is 3.72. The molecule has 4 heteroatoms. The quantitative estimate of drug-likeness (QED) is 0.901. The number of hydrogen-bond acceptors (Lipinski definition) is 3. The predicted molar refractivity (Wildman–Crippen MR) is 76.0 cm³/mol. The Bertz CT molecular complexity index is 587. The number of carboxylic acid groups (broad SMARTS) is 1. The van der Waals surface area contributed by atoms with Gasteiger partial charge in [-0.25, -0.2) is 4.79 Å². The number of aromatic carboxylic acids is 1. The van der Waals surface area contributed by atoms with Crippen LogP contribution in [-0.2, 0) is 6.42 Å². The molecular formula is C16H19NO3. The molecule has 0 saturated heterocycles. The molecule has 2 rings (SSSR count). The summed E-state index contributed by atoms with van der Waals surface area (Å²) < 4.78 is 5.28. The van der Waals surface area contributed by atoms with Crippen LogP contribution in [-0.4, -0.2) is 16.2 Å². The van der Waals surface area contributed by atoms with Crippen LogP contribution in [0.3, 0.4) is 0 Å². The smallest absolute Gasteiger partial charge is 0.341 e. The van der Waals surface area contributed by atoms with Gasteiger partial charge in [-0.1, -0.05) is 56.3 Å². The Hall–Kier alpha value is -2.10. The van der Waals surface area contributed by atoms with E-state index in [0.717, 1.165) is 5.56 Å². The molecule has 0 amide bonds. The summed E-state index contributed by atoms with van der Waals surface area (Å²) in [6.45, 7) is 5.99. The maximum atomic E-state index is 11.5. The summed E-state index contributed by atoms with van der Waals surface area (Å²) in [7, 11) is 0. The molecule has 0 saturated carbocycles. The second kappa shape index (κ2) is 5.90. The van der Waals surface area contributed by atoms with Gasteiger partial charge in [0, 0.05) is 12.3 Å². The largest absolute Gasteiger partial charge is 0.477 e. The first-order valence-electron chi connectivity index (χ1n) is 6.77. The molecule has 0 radical (unpaired) electrons. The zero-order chi connectivity index (χ0) is 14.7. The maximum Gasteiger partial charge on any atom is 0.341 e. The topological polar surface area (TPSA) is 63.3 Å². The zero-order valence-corrected chi connectivity index (χ0v) is 12.0. The second-order valence-corrected chi connectivity index (χ2v) is 5.40. The van der Waals surface area contributed by atoms with Gasteiger partial charge >= 0.3 is 5.97 Å². The molecule has 2 aromatic rings. The summed E-state index contributed by atoms with van der Waals surface area (Å²) >= 11 is 0. The number of aromatic nitrogens is 1. The Balaban J connectivity index is 2.41. The number of carbonyl (C=O) groups is 1. The molecule has 1 atom stereocenters. The van der Waals surface area contributed by atoms with E-state index in [1.54, 1.807) is 0 Å². The van der Waals surface area contributed by atoms with Gasteiger partial charge in [0.15, 0.2) is 5.76 Å². The monoisotopic (exact) mass is 273 g/mol. The Morgan fingerprint density at radius 3 is 2.45 bits per heavy atom. The van der Waals surface area contributed by atoms with Crippen molar-refractivity contribution >= 4 is 5.97 Å². The number of benzene rings is 1. The highest BCUT2D eigenvalue weighted by molar-refractivity contribution is 5.90. The minimum Gasteiger partial charge on any atom is -0.477 e. The number of rotatable bonds is 5. The minimum atomic E-state index is -0.973. The van der Waals surface area contributed by atoms with E-state index >= 15 is 0 Å². The van der Waals surface area contributed by atoms with Gasteiger partial charge in [-0.3, -0.25) is 0 Å². The van der Waals surface area contributed by atoms with Crippen LogP contribution in [0.4, 0.5) is 0 Å². The van der Waals surface area contributed by atoms with Crippen molar-refractivity contribution in [2.24, 2.45) is 5.92 Å². The van der Waals surface area contributed by atoms with Crippen LogP contribution in [0.5, 0.6) is 0 Å². The van der Waals surface area contributed by atoms with Crippen LogP contribution < -0.4 is 0 Å². The second-order valence-electron chi connectivity index (χ2n) is 5.40. The van der Waals surface area contributed by atoms with Crippen molar-refractivity contribution in [1.82, 2.24) is 5.16 Å². The Labute approximate surface area is 118 Å². The van der Waals surface area contributed by atoms with E-state index in [2.05, 4.69) is 5.16 Å². The van der Waals surface area contributed by atoms with Gasteiger partial charge in [-0.15, -0.1) is 0 Å². The molecule has 1 aromatic carbocycles. The third-order valence-corrected chi connectivity index (χ3v) is 3.31. The molecule has 0 aliphatic carbocycles. The van der Waals surface area contributed by atoms with Crippen molar-refractivity contribution in [2.45, 2.75) is 33.1 Å². The van der Waals surface area contributed by atoms with E-state index in [1.807, 2.05) is 51.1 Å². The fraction of sp³-hybridized carbons (Fsp3) is 0.375. The minimum absolute atomic E-state index is 0.105. The van der Waals surface area contributed by atoms with E-state index in [1.165, 1.54) is 0 Å². The standard InChI is InChI=1S/C16H19NO3/c1-10(2)9-13-14(16(18)19)15(17-20-13)11(3)12-7-5-4-6-8-12/h4-8,10-11H,9H2,1-3H3,(H,18,19). The molecule has 0 aliphatic rings. The molecule has 1 aromatic heterocycles. The number of nitrogens with zero attached hydrogens (tertiary/aromatic N) is 1. The van der Waals surface area contributed by atoms with E-state index in [9.17, 15) is 9.90 Å². The van der Waals surface area contributed by atoms with Gasteiger partial charge < -0.3 is 9.63 Å². The Morgan fingerprint density at radius 2 is 1.90 bits per heavy atom. The SMILES string of the molecule is CC(C)Cc1onc(C(C)c2ccccc2)c1C(=O)O. The first-order valence-corrected chi connectivity index (χ1v) is 6.77. The van der Waals surface area contributed by atoms with E-state index in [4.69, 9.17) is 4.52 Å². The van der Waals surface area contributed by atoms with Gasteiger partial charge in [0.05, 0.1) is 0 Å². The lowest BCUT2D eigenvalue weighted by Crippen LogP contribution is -2.08. The van der Waals surface area contributed by atoms with E-state index < -0.39 is 5.97 Å². The highest BCUT2D eigenvalue weighted by Crippen LogP contribution is 2.29. The summed E-state index contributed by atoms with van der Waals surface area (Å²) in [4.78, 5) is 11.5. The summed E-state index contributed by atoms with van der Waals surface area (Å²) in [6.07, 6.45) is 0.580. The molecule has 1 N–H and O–H groups in total. The van der Waals surface area contributed by atoms with Gasteiger partial charge in [0.1, 0.15) is 11.3 Å². The first kappa shape index (κ1) is 14.3. The molecule has 1 unspecified atom stereocenters. The molecule has 0 spiro atoms. The Morgan fingerprint density at radius 1 is 1.25 bits per heavy atom. The Kier molecular flexibility index (Phi) is 4.23. The summed E-state index contributed by atoms with van der Waals surface area (Å²) in [5.41, 5.74) is 1.74. The van der Waals surface area contributed by atoms with Crippen molar-refractivity contribution in [3.63, 3.8) is 0 Å². The third-order valence-electron chi connectivity index (χ3n) is 3.31. The van der Waals surface area contributed by atoms with Crippen LogP contribution in [0.15, 0.2) is 34.9 Å². The lowest BCUT2D eigenvalue weighted by molar-refractivity contribution is 0.0693. The molecule has 0 aliphatic heterocycles. The van der Waals surface area contributed by atoms with Crippen LogP contribution in [0.1, 0.15) is 54.1 Å². The average Bonchev–Trinajstić information content (AvgIpc) is 2.81. The molecule has 4 nitrogen and oxygen atoms in total. The number of carboxylic acids is 1. The highest BCUT2D eigenvalue weighted by Gasteiger charge is 2.26. The van der Waals surface area contributed by atoms with Gasteiger partial charge in [0.2, 0.25) is 0 Å². The van der Waals surface area contributed by atoms with Crippen molar-refractivity contribution in [3.8, 4) is 0 Å². The molecule has 106 valence electrons. The van der Waals surface area contributed by atoms with Crippen LogP contribution in [0.2, 0.25) is 0 Å². The molecule has 0 fully saturated rings. The van der Waals surface area contributed by atoms with E-state index in [-0.39, 0.29) is 11.5 Å². The van der Waals surface area contributed by atoms with Crippen molar-refractivity contribution in [1.29, 1.82) is 0 Å². The van der Waals surface area contributed by atoms with Crippen molar-refractivity contribution < 1.29 is 14.4 Å². The fourth-order valence-corrected chi connectivity index (χ4v) is 2.27. The first-order chi connectivity index (χ1) is 9.50. The van der Waals surface area contributed by atoms with Crippen molar-refractivity contribution in [3.05, 3.63) is 52.9 Å². The highest BCUT2D eigenvalue weighted by atomic mass is 16.5. The molecular weight excluding hydrogens is 254 g/mol. The normalized spacial score (nSPS) is 12.6. The summed E-state index contributed by atoms with van der Waals surface area (Å²) in [5, 5.41) is 13.5.